The molecule has 1 N–H and O–H groups in total. The normalized spacial score (nSPS) is 21.7. The van der Waals surface area contributed by atoms with Gasteiger partial charge in [-0.1, -0.05) is 36.0 Å². The van der Waals surface area contributed by atoms with Crippen molar-refractivity contribution in [3.05, 3.63) is 35.4 Å². The van der Waals surface area contributed by atoms with Crippen molar-refractivity contribution in [2.75, 3.05) is 18.8 Å². The number of nitrogens with one attached hydrogen (secondary N) is 1. The third-order valence-corrected chi connectivity index (χ3v) is 4.78. The van der Waals surface area contributed by atoms with Gasteiger partial charge in [0, 0.05) is 12.3 Å². The molecule has 1 aromatic carbocycles. The van der Waals surface area contributed by atoms with Gasteiger partial charge in [-0.2, -0.15) is 0 Å². The zero-order chi connectivity index (χ0) is 13.9. The quantitative estimate of drug-likeness (QED) is 0.929. The molecule has 20 heavy (non-hydrogen) atoms. The molecule has 0 saturated carbocycles. The van der Waals surface area contributed by atoms with Crippen molar-refractivity contribution in [3.8, 4) is 0 Å². The molecule has 0 radical (unpaired) electrons. The van der Waals surface area contributed by atoms with E-state index < -0.39 is 0 Å². The third kappa shape index (κ3) is 2.82. The Kier molecular flexibility index (Phi) is 3.96. The van der Waals surface area contributed by atoms with Gasteiger partial charge < -0.3 is 10.2 Å². The van der Waals surface area contributed by atoms with Crippen LogP contribution in [0.25, 0.3) is 0 Å². The largest absolute Gasteiger partial charge is 0.348 e. The molecule has 2 amide bonds. The number of fused-ring (bicyclic) bond motifs is 1. The predicted molar refractivity (Wildman–Crippen MR) is 79.7 cm³/mol. The van der Waals surface area contributed by atoms with Crippen molar-refractivity contribution in [1.29, 1.82) is 0 Å². The van der Waals surface area contributed by atoms with Crippen LogP contribution in [-0.4, -0.2) is 34.9 Å². The maximum Gasteiger partial charge on any atom is 0.282 e. The molecule has 0 unspecified atom stereocenters. The van der Waals surface area contributed by atoms with E-state index in [0.29, 0.717) is 6.54 Å². The highest BCUT2D eigenvalue weighted by atomic mass is 32.2. The van der Waals surface area contributed by atoms with Gasteiger partial charge in [0.25, 0.3) is 5.24 Å². The summed E-state index contributed by atoms with van der Waals surface area (Å²) in [5.41, 5.74) is 2.56. The molecule has 1 saturated heterocycles. The van der Waals surface area contributed by atoms with Crippen molar-refractivity contribution in [2.24, 2.45) is 0 Å². The summed E-state index contributed by atoms with van der Waals surface area (Å²) < 4.78 is 0. The summed E-state index contributed by atoms with van der Waals surface area (Å²) >= 11 is 1.29. The fourth-order valence-corrected chi connectivity index (χ4v) is 3.71. The average molecular weight is 290 g/mol. The van der Waals surface area contributed by atoms with E-state index in [2.05, 4.69) is 17.4 Å². The lowest BCUT2D eigenvalue weighted by Gasteiger charge is -2.27. The summed E-state index contributed by atoms with van der Waals surface area (Å²) in [6.07, 6.45) is 3.16. The lowest BCUT2D eigenvalue weighted by atomic mass is 9.88. The molecular weight excluding hydrogens is 272 g/mol. The number of hydrogen-bond acceptors (Lipinski definition) is 3. The van der Waals surface area contributed by atoms with Crippen LogP contribution in [0.1, 0.15) is 30.0 Å². The number of benzene rings is 1. The molecule has 5 heteroatoms. The van der Waals surface area contributed by atoms with Gasteiger partial charge in [-0.15, -0.1) is 0 Å². The minimum Gasteiger partial charge on any atom is -0.348 e. The topological polar surface area (TPSA) is 49.4 Å². The monoisotopic (exact) mass is 290 g/mol. The molecule has 106 valence electrons. The number of aryl methyl sites for hydroxylation is 1. The van der Waals surface area contributed by atoms with Crippen molar-refractivity contribution in [3.63, 3.8) is 0 Å². The fraction of sp³-hybridized carbons (Fsp3) is 0.467. The van der Waals surface area contributed by atoms with E-state index in [1.807, 2.05) is 12.1 Å². The van der Waals surface area contributed by atoms with Crippen molar-refractivity contribution in [1.82, 2.24) is 10.2 Å². The number of thioether (sulfide) groups is 1. The fourth-order valence-electron chi connectivity index (χ4n) is 2.89. The maximum absolute atomic E-state index is 12.1. The van der Waals surface area contributed by atoms with Gasteiger partial charge >= 0.3 is 0 Å². The van der Waals surface area contributed by atoms with E-state index in [9.17, 15) is 9.59 Å². The first kappa shape index (κ1) is 13.5. The van der Waals surface area contributed by atoms with E-state index in [-0.39, 0.29) is 23.7 Å². The highest BCUT2D eigenvalue weighted by Crippen LogP contribution is 2.29. The van der Waals surface area contributed by atoms with Crippen LogP contribution in [0.2, 0.25) is 0 Å². The number of rotatable bonds is 3. The van der Waals surface area contributed by atoms with E-state index >= 15 is 0 Å². The maximum atomic E-state index is 12.1. The summed E-state index contributed by atoms with van der Waals surface area (Å²) in [6.45, 7) is 0.864. The molecule has 1 aliphatic heterocycles. The molecule has 1 aliphatic carbocycles. The van der Waals surface area contributed by atoms with Gasteiger partial charge in [-0.25, -0.2) is 0 Å². The second-order valence-corrected chi connectivity index (χ2v) is 6.29. The molecule has 1 atom stereocenters. The van der Waals surface area contributed by atoms with Crippen LogP contribution in [-0.2, 0) is 11.2 Å². The Morgan fingerprint density at radius 2 is 2.25 bits per heavy atom. The summed E-state index contributed by atoms with van der Waals surface area (Å²) in [5.74, 6) is 0.737. The number of carbonyl (C=O) groups is 2. The SMILES string of the molecule is O=C(CN1CCSC1=O)N[C@@H]1CCCc2ccccc21. The Morgan fingerprint density at radius 1 is 1.40 bits per heavy atom. The standard InChI is InChI=1S/C15H18N2O2S/c18-14(10-17-8-9-20-15(17)19)16-13-7-3-5-11-4-1-2-6-12(11)13/h1-2,4,6,13H,3,5,7-10H2,(H,16,18)/t13-/m1/s1. The summed E-state index contributed by atoms with van der Waals surface area (Å²) in [6, 6.07) is 8.38. The Hall–Kier alpha value is -1.49. The summed E-state index contributed by atoms with van der Waals surface area (Å²) in [7, 11) is 0. The van der Waals surface area contributed by atoms with E-state index in [1.165, 1.54) is 22.9 Å². The van der Waals surface area contributed by atoms with Crippen LogP contribution in [0, 0.1) is 0 Å². The molecule has 0 aromatic heterocycles. The minimum absolute atomic E-state index is 0.0178. The Bertz CT molecular complexity index is 532. The van der Waals surface area contributed by atoms with E-state index in [0.717, 1.165) is 25.0 Å². The Balaban J connectivity index is 1.63. The van der Waals surface area contributed by atoms with Gasteiger partial charge in [-0.3, -0.25) is 9.59 Å². The first-order valence-corrected chi connectivity index (χ1v) is 8.01. The lowest BCUT2D eigenvalue weighted by Crippen LogP contribution is -2.39. The number of amides is 2. The number of nitrogens with zero attached hydrogens (tertiary/aromatic N) is 1. The summed E-state index contributed by atoms with van der Waals surface area (Å²) in [5, 5.41) is 3.10. The molecule has 0 bridgehead atoms. The molecule has 2 aliphatic rings. The molecule has 1 fully saturated rings. The van der Waals surface area contributed by atoms with E-state index in [1.54, 1.807) is 4.90 Å². The minimum atomic E-state index is -0.0532. The molecule has 3 rings (SSSR count). The average Bonchev–Trinajstić information content (AvgIpc) is 2.85. The van der Waals surface area contributed by atoms with Gasteiger partial charge in [0.05, 0.1) is 6.04 Å². The van der Waals surface area contributed by atoms with Crippen LogP contribution in [0.3, 0.4) is 0 Å². The third-order valence-electron chi connectivity index (χ3n) is 3.88. The predicted octanol–water partition coefficient (Wildman–Crippen LogP) is 2.35. The first-order valence-electron chi connectivity index (χ1n) is 7.03. The first-order chi connectivity index (χ1) is 9.74. The van der Waals surface area contributed by atoms with Crippen LogP contribution < -0.4 is 5.32 Å². The van der Waals surface area contributed by atoms with Crippen LogP contribution in [0.5, 0.6) is 0 Å². The van der Waals surface area contributed by atoms with Gasteiger partial charge in [0.15, 0.2) is 0 Å². The zero-order valence-electron chi connectivity index (χ0n) is 11.3. The highest BCUT2D eigenvalue weighted by molar-refractivity contribution is 8.13. The molecule has 1 aromatic rings. The van der Waals surface area contributed by atoms with Gasteiger partial charge in [-0.05, 0) is 30.4 Å². The second kappa shape index (κ2) is 5.87. The number of hydrogen-bond donors (Lipinski definition) is 1. The second-order valence-electron chi connectivity index (χ2n) is 5.25. The van der Waals surface area contributed by atoms with Crippen molar-refractivity contribution < 1.29 is 9.59 Å². The highest BCUT2D eigenvalue weighted by Gasteiger charge is 2.26. The van der Waals surface area contributed by atoms with Crippen LogP contribution in [0.15, 0.2) is 24.3 Å². The van der Waals surface area contributed by atoms with Gasteiger partial charge in [0.2, 0.25) is 5.91 Å². The molecular formula is C15H18N2O2S. The van der Waals surface area contributed by atoms with Crippen molar-refractivity contribution in [2.45, 2.75) is 25.3 Å². The van der Waals surface area contributed by atoms with Crippen molar-refractivity contribution >= 4 is 22.9 Å². The van der Waals surface area contributed by atoms with Crippen LogP contribution >= 0.6 is 11.8 Å². The lowest BCUT2D eigenvalue weighted by molar-refractivity contribution is -0.122. The number of carbonyl (C=O) groups excluding carboxylic acids is 2. The smallest absolute Gasteiger partial charge is 0.282 e. The Labute approximate surface area is 122 Å². The van der Waals surface area contributed by atoms with Gasteiger partial charge in [0.1, 0.15) is 6.54 Å². The summed E-state index contributed by atoms with van der Waals surface area (Å²) in [4.78, 5) is 25.2. The molecule has 0 spiro atoms. The molecule has 4 nitrogen and oxygen atoms in total. The van der Waals surface area contributed by atoms with E-state index in [4.69, 9.17) is 0 Å². The Morgan fingerprint density at radius 3 is 3.05 bits per heavy atom. The van der Waals surface area contributed by atoms with Crippen LogP contribution in [0.4, 0.5) is 4.79 Å². The zero-order valence-corrected chi connectivity index (χ0v) is 12.1. The molecule has 1 heterocycles.